The topological polar surface area (TPSA) is 0 Å². The van der Waals surface area contributed by atoms with Crippen molar-refractivity contribution in [1.29, 1.82) is 0 Å². The van der Waals surface area contributed by atoms with Crippen molar-refractivity contribution < 1.29 is 26.3 Å². The van der Waals surface area contributed by atoms with Crippen LogP contribution in [0.5, 0.6) is 0 Å². The molecule has 7 rings (SSSR count). The molecule has 45 heavy (non-hydrogen) atoms. The molecule has 0 saturated heterocycles. The lowest BCUT2D eigenvalue weighted by atomic mass is 9.93. The molecule has 4 aromatic heterocycles. The summed E-state index contributed by atoms with van der Waals surface area (Å²) in [6, 6.07) is 27.2. The number of rotatable bonds is 6. The van der Waals surface area contributed by atoms with Gasteiger partial charge >= 0.3 is 17.8 Å². The average Bonchev–Trinajstić information content (AvgIpc) is 3.83. The van der Waals surface area contributed by atoms with Crippen LogP contribution in [0.2, 0.25) is 0 Å². The Hall–Kier alpha value is -3.44. The van der Waals surface area contributed by atoms with E-state index in [4.69, 9.17) is 0 Å². The van der Waals surface area contributed by atoms with E-state index in [9.17, 15) is 0 Å². The smallest absolute Gasteiger partial charge is 0.194 e. The van der Waals surface area contributed by atoms with Gasteiger partial charge in [-0.25, -0.2) is 0 Å². The van der Waals surface area contributed by atoms with Crippen molar-refractivity contribution in [1.82, 2.24) is 0 Å². The summed E-state index contributed by atoms with van der Waals surface area (Å²) in [6.07, 6.45) is 0. The summed E-state index contributed by atoms with van der Waals surface area (Å²) in [5.41, 5.74) is -2.16. The van der Waals surface area contributed by atoms with E-state index >= 15 is 26.3 Å². The lowest BCUT2D eigenvalue weighted by molar-refractivity contribution is -0.254. The van der Waals surface area contributed by atoms with E-state index < -0.39 is 28.9 Å². The Morgan fingerprint density at radius 1 is 0.444 bits per heavy atom. The standard InChI is InChI=1S/C35H22F6S4/c1-19-13-15-25(42-19)28-18-24(32(45-28)26-16-14-20(2)43-26)30-29(33(36,37)35(40,41)34(30,38)39)23-17-27(21-9-5-3-6-10-21)44-31(23)22-11-7-4-8-12-22/h3-18H,1-2H3. The van der Waals surface area contributed by atoms with Crippen molar-refractivity contribution in [3.05, 3.63) is 118 Å². The summed E-state index contributed by atoms with van der Waals surface area (Å²) in [5, 5.41) is 0. The molecular weight excluding hydrogens is 663 g/mol. The molecule has 0 unspecified atom stereocenters. The lowest BCUT2D eigenvalue weighted by Crippen LogP contribution is -2.48. The van der Waals surface area contributed by atoms with Crippen LogP contribution in [-0.2, 0) is 0 Å². The first kappa shape index (κ1) is 30.2. The van der Waals surface area contributed by atoms with Crippen LogP contribution in [0.15, 0.2) is 97.1 Å². The molecule has 4 heterocycles. The van der Waals surface area contributed by atoms with Gasteiger partial charge < -0.3 is 0 Å². The summed E-state index contributed by atoms with van der Waals surface area (Å²) in [6.45, 7) is 3.73. The molecule has 0 N–H and O–H groups in total. The number of halogens is 6. The van der Waals surface area contributed by atoms with Gasteiger partial charge in [-0.3, -0.25) is 0 Å². The number of hydrogen-bond acceptors (Lipinski definition) is 4. The van der Waals surface area contributed by atoms with Crippen molar-refractivity contribution in [2.45, 2.75) is 31.6 Å². The summed E-state index contributed by atoms with van der Waals surface area (Å²) in [4.78, 5) is 4.65. The highest BCUT2D eigenvalue weighted by Gasteiger charge is 2.80. The van der Waals surface area contributed by atoms with E-state index in [0.717, 1.165) is 37.3 Å². The fourth-order valence-corrected chi connectivity index (χ4v) is 9.84. The van der Waals surface area contributed by atoms with Crippen molar-refractivity contribution in [3.8, 4) is 40.4 Å². The maximum atomic E-state index is 16.2. The Morgan fingerprint density at radius 3 is 1.44 bits per heavy atom. The van der Waals surface area contributed by atoms with Gasteiger partial charge in [-0.05, 0) is 61.4 Å². The SMILES string of the molecule is Cc1ccc(-c2cc(C3=C(c4cc(-c5ccccc5)sc4-c4ccccc4)C(F)(F)C(F)(F)C3(F)F)c(-c3ccc(C)s3)s2)s1. The molecule has 0 aliphatic heterocycles. The average molecular weight is 685 g/mol. The van der Waals surface area contributed by atoms with E-state index in [1.54, 1.807) is 72.8 Å². The summed E-state index contributed by atoms with van der Waals surface area (Å²) >= 11 is 4.97. The second-order valence-corrected chi connectivity index (χ2v) is 15.4. The molecule has 0 bridgehead atoms. The molecule has 1 aliphatic rings. The van der Waals surface area contributed by atoms with Gasteiger partial charge in [-0.1, -0.05) is 60.7 Å². The van der Waals surface area contributed by atoms with Gasteiger partial charge in [0, 0.05) is 56.4 Å². The van der Waals surface area contributed by atoms with Crippen LogP contribution in [0.3, 0.4) is 0 Å². The van der Waals surface area contributed by atoms with Gasteiger partial charge in [0.2, 0.25) is 0 Å². The van der Waals surface area contributed by atoms with Crippen LogP contribution >= 0.6 is 45.3 Å². The third kappa shape index (κ3) is 4.76. The number of hydrogen-bond donors (Lipinski definition) is 0. The van der Waals surface area contributed by atoms with Gasteiger partial charge in [-0.15, -0.1) is 45.3 Å². The molecule has 10 heteroatoms. The quantitative estimate of drug-likeness (QED) is 0.153. The summed E-state index contributed by atoms with van der Waals surface area (Å²) in [5.74, 6) is -16.0. The van der Waals surface area contributed by atoms with Crippen LogP contribution in [0.4, 0.5) is 26.3 Å². The Bertz CT molecular complexity index is 2060. The van der Waals surface area contributed by atoms with Gasteiger partial charge in [0.25, 0.3) is 0 Å². The molecule has 6 aromatic rings. The Balaban J connectivity index is 1.59. The van der Waals surface area contributed by atoms with E-state index in [1.165, 1.54) is 34.8 Å². The molecule has 228 valence electrons. The van der Waals surface area contributed by atoms with Crippen LogP contribution in [0.1, 0.15) is 20.9 Å². The first-order valence-corrected chi connectivity index (χ1v) is 17.1. The molecule has 0 spiro atoms. The number of aryl methyl sites for hydroxylation is 2. The zero-order valence-corrected chi connectivity index (χ0v) is 26.9. The van der Waals surface area contributed by atoms with Gasteiger partial charge in [-0.2, -0.15) is 26.3 Å². The first-order chi connectivity index (χ1) is 21.4. The molecule has 0 nitrogen and oxygen atoms in total. The largest absolute Gasteiger partial charge is 0.380 e. The molecule has 0 atom stereocenters. The zero-order valence-electron chi connectivity index (χ0n) is 23.6. The minimum absolute atomic E-state index is 0.216. The van der Waals surface area contributed by atoms with Gasteiger partial charge in [0.05, 0.1) is 4.88 Å². The minimum Gasteiger partial charge on any atom is -0.194 e. The highest BCUT2D eigenvalue weighted by Crippen LogP contribution is 2.67. The molecular formula is C35H22F6S4. The van der Waals surface area contributed by atoms with E-state index in [2.05, 4.69) is 0 Å². The highest BCUT2D eigenvalue weighted by atomic mass is 32.1. The highest BCUT2D eigenvalue weighted by molar-refractivity contribution is 7.26. The predicted molar refractivity (Wildman–Crippen MR) is 177 cm³/mol. The van der Waals surface area contributed by atoms with E-state index in [-0.39, 0.29) is 20.9 Å². The molecule has 0 amide bonds. The number of thiophene rings is 4. The minimum atomic E-state index is -5.67. The maximum absolute atomic E-state index is 16.2. The molecule has 0 radical (unpaired) electrons. The van der Waals surface area contributed by atoms with Crippen LogP contribution in [-0.4, -0.2) is 17.8 Å². The predicted octanol–water partition coefficient (Wildman–Crippen LogP) is 13.0. The Kier molecular flexibility index (Phi) is 7.27. The van der Waals surface area contributed by atoms with Crippen molar-refractivity contribution >= 4 is 56.5 Å². The lowest BCUT2D eigenvalue weighted by Gasteiger charge is -2.26. The fraction of sp³-hybridized carbons (Fsp3) is 0.143. The van der Waals surface area contributed by atoms with E-state index in [0.29, 0.717) is 25.8 Å². The normalized spacial score (nSPS) is 16.9. The number of allylic oxidation sites excluding steroid dienone is 2. The third-order valence-electron chi connectivity index (χ3n) is 7.71. The number of benzene rings is 2. The van der Waals surface area contributed by atoms with Crippen molar-refractivity contribution in [2.24, 2.45) is 0 Å². The molecule has 1 aliphatic carbocycles. The van der Waals surface area contributed by atoms with Crippen LogP contribution in [0.25, 0.3) is 51.5 Å². The van der Waals surface area contributed by atoms with Gasteiger partial charge in [0.1, 0.15) is 0 Å². The zero-order chi connectivity index (χ0) is 31.7. The Morgan fingerprint density at radius 2 is 0.911 bits per heavy atom. The number of alkyl halides is 6. The first-order valence-electron chi connectivity index (χ1n) is 13.8. The fourth-order valence-electron chi connectivity index (χ4n) is 5.56. The second-order valence-electron chi connectivity index (χ2n) is 10.7. The third-order valence-corrected chi connectivity index (χ3v) is 12.5. The van der Waals surface area contributed by atoms with Crippen LogP contribution in [0, 0.1) is 13.8 Å². The molecule has 0 saturated carbocycles. The van der Waals surface area contributed by atoms with Crippen molar-refractivity contribution in [3.63, 3.8) is 0 Å². The maximum Gasteiger partial charge on any atom is 0.380 e. The van der Waals surface area contributed by atoms with Gasteiger partial charge in [0.15, 0.2) is 0 Å². The summed E-state index contributed by atoms with van der Waals surface area (Å²) < 4.78 is 96.0. The summed E-state index contributed by atoms with van der Waals surface area (Å²) in [7, 11) is 0. The second kappa shape index (κ2) is 10.8. The van der Waals surface area contributed by atoms with Crippen LogP contribution < -0.4 is 0 Å². The molecule has 0 fully saturated rings. The monoisotopic (exact) mass is 684 g/mol. The van der Waals surface area contributed by atoms with Crippen molar-refractivity contribution in [2.75, 3.05) is 0 Å². The Labute approximate surface area is 271 Å². The molecule has 2 aromatic carbocycles. The van der Waals surface area contributed by atoms with E-state index in [1.807, 2.05) is 26.0 Å².